The number of aromatic nitrogens is 4. The van der Waals surface area contributed by atoms with Crippen LogP contribution in [0.3, 0.4) is 0 Å². The van der Waals surface area contributed by atoms with E-state index in [0.717, 1.165) is 47.0 Å². The molecular formula is C28H35N5. The van der Waals surface area contributed by atoms with Crippen molar-refractivity contribution in [2.45, 2.75) is 94.8 Å². The summed E-state index contributed by atoms with van der Waals surface area (Å²) in [5.74, 6) is 3.00. The van der Waals surface area contributed by atoms with Crippen LogP contribution in [0.5, 0.6) is 0 Å². The molecule has 5 heteroatoms. The Hall–Kier alpha value is -2.27. The number of nitrogens with zero attached hydrogens (tertiary/aromatic N) is 5. The molecule has 172 valence electrons. The highest BCUT2D eigenvalue weighted by molar-refractivity contribution is 5.80. The molecule has 2 unspecified atom stereocenters. The molecule has 1 aromatic carbocycles. The number of fused-ring (bicyclic) bond motifs is 5. The third-order valence-electron chi connectivity index (χ3n) is 9.28. The Morgan fingerprint density at radius 1 is 0.727 bits per heavy atom. The first-order valence-electron chi connectivity index (χ1n) is 13.3. The SMILES string of the molecule is c1ccc2c(c1)nc(-c1cnccn1)n2C1C[C@H]2CCC[C@@H](C1)N2C1C[C@H]2CCC[C@@H](C1)C2. The van der Waals surface area contributed by atoms with Crippen molar-refractivity contribution in [3.05, 3.63) is 42.9 Å². The van der Waals surface area contributed by atoms with E-state index in [-0.39, 0.29) is 0 Å². The second-order valence-corrected chi connectivity index (χ2v) is 11.2. The molecule has 2 saturated carbocycles. The van der Waals surface area contributed by atoms with Gasteiger partial charge < -0.3 is 4.57 Å². The van der Waals surface area contributed by atoms with Gasteiger partial charge in [-0.05, 0) is 68.9 Å². The van der Waals surface area contributed by atoms with Gasteiger partial charge in [-0.1, -0.05) is 37.8 Å². The Labute approximate surface area is 196 Å². The Morgan fingerprint density at radius 3 is 2.24 bits per heavy atom. The van der Waals surface area contributed by atoms with Crippen LogP contribution in [-0.4, -0.2) is 42.5 Å². The minimum Gasteiger partial charge on any atom is -0.319 e. The second-order valence-electron chi connectivity index (χ2n) is 11.2. The van der Waals surface area contributed by atoms with Gasteiger partial charge in [-0.15, -0.1) is 0 Å². The second kappa shape index (κ2) is 8.19. The van der Waals surface area contributed by atoms with Crippen molar-refractivity contribution < 1.29 is 0 Å². The number of piperidine rings is 2. The van der Waals surface area contributed by atoms with Gasteiger partial charge in [0, 0.05) is 36.6 Å². The molecule has 0 spiro atoms. The predicted octanol–water partition coefficient (Wildman–Crippen LogP) is 6.02. The highest BCUT2D eigenvalue weighted by Crippen LogP contribution is 2.48. The molecule has 0 amide bonds. The molecule has 4 heterocycles. The summed E-state index contributed by atoms with van der Waals surface area (Å²) in [4.78, 5) is 17.1. The van der Waals surface area contributed by atoms with E-state index in [0.29, 0.717) is 6.04 Å². The van der Waals surface area contributed by atoms with Crippen LogP contribution in [0.2, 0.25) is 0 Å². The number of hydrogen-bond donors (Lipinski definition) is 0. The fraction of sp³-hybridized carbons (Fsp3) is 0.607. The van der Waals surface area contributed by atoms with Crippen molar-refractivity contribution in [1.29, 1.82) is 0 Å². The fourth-order valence-corrected chi connectivity index (χ4v) is 8.14. The Balaban J connectivity index is 1.23. The summed E-state index contributed by atoms with van der Waals surface area (Å²) in [5, 5.41) is 0. The van der Waals surface area contributed by atoms with Crippen molar-refractivity contribution in [2.24, 2.45) is 11.8 Å². The molecular weight excluding hydrogens is 406 g/mol. The summed E-state index contributed by atoms with van der Waals surface area (Å²) < 4.78 is 2.53. The van der Waals surface area contributed by atoms with Gasteiger partial charge >= 0.3 is 0 Å². The smallest absolute Gasteiger partial charge is 0.161 e. The first-order chi connectivity index (χ1) is 16.3. The minimum atomic E-state index is 0.490. The van der Waals surface area contributed by atoms with Gasteiger partial charge in [0.1, 0.15) is 5.69 Å². The minimum absolute atomic E-state index is 0.490. The number of benzene rings is 1. The van der Waals surface area contributed by atoms with Crippen molar-refractivity contribution in [2.75, 3.05) is 0 Å². The normalized spacial score (nSPS) is 34.4. The molecule has 7 rings (SSSR count). The van der Waals surface area contributed by atoms with E-state index in [2.05, 4.69) is 43.7 Å². The quantitative estimate of drug-likeness (QED) is 0.499. The van der Waals surface area contributed by atoms with E-state index in [1.54, 1.807) is 12.4 Å². The average Bonchev–Trinajstić information content (AvgIpc) is 3.23. The van der Waals surface area contributed by atoms with E-state index < -0.39 is 0 Å². The molecule has 6 atom stereocenters. The van der Waals surface area contributed by atoms with Crippen molar-refractivity contribution in [1.82, 2.24) is 24.4 Å². The van der Waals surface area contributed by atoms with Crippen molar-refractivity contribution in [3.63, 3.8) is 0 Å². The lowest BCUT2D eigenvalue weighted by atomic mass is 9.68. The first-order valence-corrected chi connectivity index (χ1v) is 13.3. The standard InChI is InChI=1S/C28H35N5/c1-2-10-27-25(9-1)31-28(26-18-29-11-12-30-26)33(27)24-16-21-7-4-8-22(17-24)32(21)23-14-19-5-3-6-20(13-19)15-23/h1-2,9-12,18-24H,3-8,13-17H2/t19-,20+,21-,22+,23?,24?. The van der Waals surface area contributed by atoms with Crippen LogP contribution >= 0.6 is 0 Å². The first kappa shape index (κ1) is 20.1. The van der Waals surface area contributed by atoms with E-state index in [4.69, 9.17) is 4.98 Å². The Morgan fingerprint density at radius 2 is 1.48 bits per heavy atom. The molecule has 0 N–H and O–H groups in total. The van der Waals surface area contributed by atoms with Crippen LogP contribution in [0.1, 0.15) is 76.7 Å². The molecule has 5 nitrogen and oxygen atoms in total. The van der Waals surface area contributed by atoms with Gasteiger partial charge in [0.15, 0.2) is 5.82 Å². The van der Waals surface area contributed by atoms with Crippen LogP contribution in [0, 0.1) is 11.8 Å². The fourth-order valence-electron chi connectivity index (χ4n) is 8.14. The third kappa shape index (κ3) is 3.51. The zero-order valence-corrected chi connectivity index (χ0v) is 19.5. The lowest BCUT2D eigenvalue weighted by Crippen LogP contribution is -2.58. The number of para-hydroxylation sites is 2. The molecule has 2 aliphatic heterocycles. The van der Waals surface area contributed by atoms with Crippen molar-refractivity contribution in [3.8, 4) is 11.5 Å². The molecule has 4 aliphatic rings. The zero-order valence-electron chi connectivity index (χ0n) is 19.5. The summed E-state index contributed by atoms with van der Waals surface area (Å²) >= 11 is 0. The maximum absolute atomic E-state index is 5.05. The highest BCUT2D eigenvalue weighted by atomic mass is 15.3. The Kier molecular flexibility index (Phi) is 5.00. The third-order valence-corrected chi connectivity index (χ3v) is 9.28. The lowest BCUT2D eigenvalue weighted by molar-refractivity contribution is -0.0480. The summed E-state index contributed by atoms with van der Waals surface area (Å²) in [6, 6.07) is 11.4. The van der Waals surface area contributed by atoms with Gasteiger partial charge in [-0.3, -0.25) is 9.88 Å². The van der Waals surface area contributed by atoms with Gasteiger partial charge in [0.25, 0.3) is 0 Å². The van der Waals surface area contributed by atoms with Crippen LogP contribution < -0.4 is 0 Å². The monoisotopic (exact) mass is 441 g/mol. The summed E-state index contributed by atoms with van der Waals surface area (Å²) in [6.07, 6.45) is 20.9. The zero-order chi connectivity index (χ0) is 21.8. The molecule has 0 radical (unpaired) electrons. The van der Waals surface area contributed by atoms with E-state index in [9.17, 15) is 0 Å². The van der Waals surface area contributed by atoms with Crippen LogP contribution in [-0.2, 0) is 0 Å². The largest absolute Gasteiger partial charge is 0.319 e. The molecule has 4 fully saturated rings. The summed E-state index contributed by atoms with van der Waals surface area (Å²) in [6.45, 7) is 0. The van der Waals surface area contributed by atoms with Gasteiger partial charge in [0.2, 0.25) is 0 Å². The molecule has 3 aromatic rings. The van der Waals surface area contributed by atoms with Gasteiger partial charge in [-0.2, -0.15) is 0 Å². The van der Waals surface area contributed by atoms with E-state index >= 15 is 0 Å². The summed E-state index contributed by atoms with van der Waals surface area (Å²) in [5.41, 5.74) is 3.22. The molecule has 33 heavy (non-hydrogen) atoms. The average molecular weight is 442 g/mol. The topological polar surface area (TPSA) is 46.8 Å². The molecule has 4 bridgehead atoms. The van der Waals surface area contributed by atoms with Crippen molar-refractivity contribution >= 4 is 11.0 Å². The van der Waals surface area contributed by atoms with Crippen LogP contribution in [0.15, 0.2) is 42.9 Å². The number of hydrogen-bond acceptors (Lipinski definition) is 4. The molecule has 2 saturated heterocycles. The summed E-state index contributed by atoms with van der Waals surface area (Å²) in [7, 11) is 0. The van der Waals surface area contributed by atoms with Gasteiger partial charge in [-0.25, -0.2) is 9.97 Å². The van der Waals surface area contributed by atoms with E-state index in [1.165, 1.54) is 76.1 Å². The lowest BCUT2D eigenvalue weighted by Gasteiger charge is -2.55. The Bertz CT molecular complexity index is 1100. The molecule has 2 aliphatic carbocycles. The van der Waals surface area contributed by atoms with E-state index in [1.807, 2.05) is 6.20 Å². The number of imidazole rings is 1. The predicted molar refractivity (Wildman–Crippen MR) is 131 cm³/mol. The maximum atomic E-state index is 5.05. The number of rotatable bonds is 3. The maximum Gasteiger partial charge on any atom is 0.161 e. The van der Waals surface area contributed by atoms with Crippen LogP contribution in [0.25, 0.3) is 22.6 Å². The van der Waals surface area contributed by atoms with Crippen LogP contribution in [0.4, 0.5) is 0 Å². The molecule has 2 aromatic heterocycles. The highest BCUT2D eigenvalue weighted by Gasteiger charge is 2.45. The van der Waals surface area contributed by atoms with Gasteiger partial charge in [0.05, 0.1) is 17.2 Å².